The van der Waals surface area contributed by atoms with E-state index in [0.717, 1.165) is 33.5 Å². The van der Waals surface area contributed by atoms with Crippen LogP contribution in [0, 0.1) is 13.8 Å². The molecule has 1 aliphatic heterocycles. The second kappa shape index (κ2) is 8.25. The van der Waals surface area contributed by atoms with Crippen LogP contribution in [0.1, 0.15) is 23.2 Å². The molecule has 1 fully saturated rings. The molecule has 31 heavy (non-hydrogen) atoms. The molecular weight excluding hydrogens is 396 g/mol. The molecule has 2 N–H and O–H groups in total. The topological polar surface area (TPSA) is 101 Å². The molecule has 3 amide bonds. The first kappa shape index (κ1) is 20.6. The molecule has 3 heterocycles. The number of carbonyl (C=O) groups is 2. The van der Waals surface area contributed by atoms with Crippen molar-refractivity contribution in [3.8, 4) is 5.88 Å². The Hall–Kier alpha value is -3.62. The number of aromatic nitrogens is 3. The van der Waals surface area contributed by atoms with E-state index in [1.807, 2.05) is 45.2 Å². The molecule has 162 valence electrons. The fourth-order valence-electron chi connectivity index (χ4n) is 4.04. The van der Waals surface area contributed by atoms with Crippen molar-refractivity contribution < 1.29 is 14.3 Å². The molecule has 0 atom stereocenters. The number of hydrogen-bond acceptors (Lipinski definition) is 5. The van der Waals surface area contributed by atoms with Crippen molar-refractivity contribution in [3.05, 3.63) is 41.1 Å². The van der Waals surface area contributed by atoms with Gasteiger partial charge in [-0.25, -0.2) is 14.5 Å². The van der Waals surface area contributed by atoms with Crippen molar-refractivity contribution in [2.24, 2.45) is 7.05 Å². The molecule has 3 aromatic rings. The van der Waals surface area contributed by atoms with Gasteiger partial charge < -0.3 is 15.4 Å². The molecule has 0 bridgehead atoms. The number of nitrogens with zero attached hydrogens (tertiary/aromatic N) is 4. The van der Waals surface area contributed by atoms with Crippen LogP contribution in [0.15, 0.2) is 24.3 Å². The number of amides is 3. The molecule has 0 radical (unpaired) electrons. The Labute approximate surface area is 180 Å². The maximum Gasteiger partial charge on any atom is 0.321 e. The van der Waals surface area contributed by atoms with Gasteiger partial charge in [-0.1, -0.05) is 6.07 Å². The number of urea groups is 1. The maximum atomic E-state index is 12.6. The van der Waals surface area contributed by atoms with Gasteiger partial charge in [0.15, 0.2) is 5.65 Å². The molecule has 9 heteroatoms. The van der Waals surface area contributed by atoms with E-state index in [1.165, 1.54) is 0 Å². The van der Waals surface area contributed by atoms with Crippen LogP contribution in [0.5, 0.6) is 5.88 Å². The Balaban J connectivity index is 1.48. The predicted octanol–water partition coefficient (Wildman–Crippen LogP) is 2.69. The fraction of sp³-hybridized carbons (Fsp3) is 0.364. The number of hydrogen-bond donors (Lipinski definition) is 2. The van der Waals surface area contributed by atoms with Crippen LogP contribution < -0.4 is 20.3 Å². The number of nitrogens with one attached hydrogen (secondary N) is 2. The van der Waals surface area contributed by atoms with E-state index in [0.29, 0.717) is 37.5 Å². The summed E-state index contributed by atoms with van der Waals surface area (Å²) in [6.07, 6.45) is 0.866. The Bertz CT molecular complexity index is 1170. The maximum absolute atomic E-state index is 12.6. The lowest BCUT2D eigenvalue weighted by atomic mass is 10.00. The molecule has 0 unspecified atom stereocenters. The van der Waals surface area contributed by atoms with Crippen LogP contribution in [0.4, 0.5) is 16.2 Å². The average Bonchev–Trinajstić information content (AvgIpc) is 3.31. The molecular formula is C22H26N6O3. The first-order valence-electron chi connectivity index (χ1n) is 10.2. The predicted molar refractivity (Wildman–Crippen MR) is 119 cm³/mol. The van der Waals surface area contributed by atoms with Gasteiger partial charge in [0.1, 0.15) is 0 Å². The Kier molecular flexibility index (Phi) is 5.50. The molecule has 4 rings (SSSR count). The summed E-state index contributed by atoms with van der Waals surface area (Å²) in [5.41, 5.74) is 5.13. The van der Waals surface area contributed by atoms with Gasteiger partial charge in [-0.2, -0.15) is 0 Å². The third-order valence-corrected chi connectivity index (χ3v) is 5.62. The number of aryl methyl sites for hydroxylation is 3. The van der Waals surface area contributed by atoms with Crippen LogP contribution in [-0.2, 0) is 18.3 Å². The lowest BCUT2D eigenvalue weighted by Crippen LogP contribution is -2.27. The van der Waals surface area contributed by atoms with Crippen LogP contribution in [-0.4, -0.2) is 46.9 Å². The van der Waals surface area contributed by atoms with E-state index >= 15 is 0 Å². The van der Waals surface area contributed by atoms with E-state index in [4.69, 9.17) is 4.74 Å². The van der Waals surface area contributed by atoms with Gasteiger partial charge in [-0.05, 0) is 49.6 Å². The van der Waals surface area contributed by atoms with Gasteiger partial charge in [-0.3, -0.25) is 9.69 Å². The van der Waals surface area contributed by atoms with Gasteiger partial charge in [0.05, 0.1) is 12.5 Å². The van der Waals surface area contributed by atoms with E-state index in [9.17, 15) is 9.59 Å². The number of pyridine rings is 1. The number of benzene rings is 1. The van der Waals surface area contributed by atoms with E-state index in [1.54, 1.807) is 16.7 Å². The van der Waals surface area contributed by atoms with Gasteiger partial charge >= 0.3 is 6.03 Å². The minimum absolute atomic E-state index is 0.0972. The van der Waals surface area contributed by atoms with Crippen molar-refractivity contribution >= 4 is 34.3 Å². The third kappa shape index (κ3) is 3.90. The van der Waals surface area contributed by atoms with Crippen molar-refractivity contribution in [2.75, 3.05) is 30.4 Å². The summed E-state index contributed by atoms with van der Waals surface area (Å²) in [7, 11) is 3.43. The van der Waals surface area contributed by atoms with Crippen LogP contribution in [0.25, 0.3) is 11.0 Å². The molecule has 9 nitrogen and oxygen atoms in total. The molecule has 1 aromatic carbocycles. The summed E-state index contributed by atoms with van der Waals surface area (Å²) >= 11 is 0. The lowest BCUT2D eigenvalue weighted by Gasteiger charge is -2.15. The third-order valence-electron chi connectivity index (χ3n) is 5.62. The number of anilines is 2. The molecule has 0 saturated carbocycles. The first-order valence-corrected chi connectivity index (χ1v) is 10.2. The van der Waals surface area contributed by atoms with Gasteiger partial charge in [0, 0.05) is 43.6 Å². The standard InChI is InChI=1S/C22H26N6O3/c1-13-17(14(2)24-20-19(13)21(31-4)26-27(20)3)8-9-18(29)25-15-6-5-7-16(12-15)28-11-10-23-22(28)30/h5-7,12H,8-11H2,1-4H3,(H,23,30)(H,25,29). The van der Waals surface area contributed by atoms with Gasteiger partial charge in [-0.15, -0.1) is 5.10 Å². The number of fused-ring (bicyclic) bond motifs is 1. The largest absolute Gasteiger partial charge is 0.479 e. The van der Waals surface area contributed by atoms with E-state index in [-0.39, 0.29) is 11.9 Å². The van der Waals surface area contributed by atoms with Crippen LogP contribution in [0.2, 0.25) is 0 Å². The number of ether oxygens (including phenoxy) is 1. The Morgan fingerprint density at radius 2 is 2.13 bits per heavy atom. The normalized spacial score (nSPS) is 13.5. The number of rotatable bonds is 6. The van der Waals surface area contributed by atoms with Crippen LogP contribution in [0.3, 0.4) is 0 Å². The zero-order valence-corrected chi connectivity index (χ0v) is 18.2. The number of carbonyl (C=O) groups excluding carboxylic acids is 2. The highest BCUT2D eigenvalue weighted by molar-refractivity contribution is 5.96. The van der Waals surface area contributed by atoms with Crippen molar-refractivity contribution in [1.29, 1.82) is 0 Å². The highest BCUT2D eigenvalue weighted by Crippen LogP contribution is 2.30. The molecule has 1 saturated heterocycles. The van der Waals surface area contributed by atoms with E-state index in [2.05, 4.69) is 20.7 Å². The molecule has 0 spiro atoms. The second-order valence-electron chi connectivity index (χ2n) is 7.61. The zero-order chi connectivity index (χ0) is 22.1. The van der Waals surface area contributed by atoms with Crippen molar-refractivity contribution in [3.63, 3.8) is 0 Å². The minimum atomic E-state index is -0.122. The van der Waals surface area contributed by atoms with Crippen molar-refractivity contribution in [2.45, 2.75) is 26.7 Å². The monoisotopic (exact) mass is 422 g/mol. The van der Waals surface area contributed by atoms with Gasteiger partial charge in [0.2, 0.25) is 11.8 Å². The summed E-state index contributed by atoms with van der Waals surface area (Å²) in [4.78, 5) is 30.8. The highest BCUT2D eigenvalue weighted by atomic mass is 16.5. The summed E-state index contributed by atoms with van der Waals surface area (Å²) < 4.78 is 7.11. The fourth-order valence-corrected chi connectivity index (χ4v) is 4.04. The molecule has 2 aromatic heterocycles. The average molecular weight is 422 g/mol. The Morgan fingerprint density at radius 3 is 2.84 bits per heavy atom. The Morgan fingerprint density at radius 1 is 1.32 bits per heavy atom. The minimum Gasteiger partial charge on any atom is -0.479 e. The molecule has 1 aliphatic rings. The number of methoxy groups -OCH3 is 1. The zero-order valence-electron chi connectivity index (χ0n) is 18.2. The summed E-state index contributed by atoms with van der Waals surface area (Å²) in [6.45, 7) is 5.19. The highest BCUT2D eigenvalue weighted by Gasteiger charge is 2.21. The molecule has 0 aliphatic carbocycles. The lowest BCUT2D eigenvalue weighted by molar-refractivity contribution is -0.116. The van der Waals surface area contributed by atoms with Crippen molar-refractivity contribution in [1.82, 2.24) is 20.1 Å². The SMILES string of the molecule is COc1nn(C)c2nc(C)c(CCC(=O)Nc3cccc(N4CCNC4=O)c3)c(C)c12. The van der Waals surface area contributed by atoms with E-state index < -0.39 is 0 Å². The van der Waals surface area contributed by atoms with Gasteiger partial charge in [0.25, 0.3) is 0 Å². The second-order valence-corrected chi connectivity index (χ2v) is 7.61. The van der Waals surface area contributed by atoms with Crippen LogP contribution >= 0.6 is 0 Å². The smallest absolute Gasteiger partial charge is 0.321 e. The summed E-state index contributed by atoms with van der Waals surface area (Å²) in [6, 6.07) is 7.20. The quantitative estimate of drug-likeness (QED) is 0.636. The first-order chi connectivity index (χ1) is 14.9. The summed E-state index contributed by atoms with van der Waals surface area (Å²) in [5.74, 6) is 0.441. The summed E-state index contributed by atoms with van der Waals surface area (Å²) in [5, 5.41) is 11.0.